The van der Waals surface area contributed by atoms with Crippen molar-refractivity contribution in [2.45, 2.75) is 6.92 Å². The third-order valence-electron chi connectivity index (χ3n) is 4.26. The van der Waals surface area contributed by atoms with E-state index >= 15 is 0 Å². The number of aryl methyl sites for hydroxylation is 1. The Morgan fingerprint density at radius 1 is 1.12 bits per heavy atom. The zero-order chi connectivity index (χ0) is 17.0. The van der Waals surface area contributed by atoms with E-state index in [0.29, 0.717) is 52.8 Å². The number of rotatable bonds is 1. The zero-order valence-electron chi connectivity index (χ0n) is 13.3. The summed E-state index contributed by atoms with van der Waals surface area (Å²) >= 11 is 0. The average Bonchev–Trinajstić information content (AvgIpc) is 3.10. The molecule has 4 heterocycles. The number of pyridine rings is 1. The molecular weight excluding hydrogens is 322 g/mol. The fourth-order valence-electron chi connectivity index (χ4n) is 3.12. The van der Waals surface area contributed by atoms with Crippen molar-refractivity contribution in [1.29, 1.82) is 0 Å². The van der Waals surface area contributed by atoms with Gasteiger partial charge < -0.3 is 9.47 Å². The van der Waals surface area contributed by atoms with Crippen LogP contribution in [0, 0.1) is 6.92 Å². The molecular formula is C17H13N5O3. The molecule has 0 unspecified atom stereocenters. The maximum Gasteiger partial charge on any atom is 0.266 e. The number of nitrogens with zero attached hydrogens (tertiary/aromatic N) is 5. The zero-order valence-corrected chi connectivity index (χ0v) is 13.3. The van der Waals surface area contributed by atoms with Crippen LogP contribution in [0.2, 0.25) is 0 Å². The van der Waals surface area contributed by atoms with Crippen LogP contribution in [0.25, 0.3) is 22.4 Å². The van der Waals surface area contributed by atoms with E-state index < -0.39 is 0 Å². The Labute approximate surface area is 141 Å². The Kier molecular flexibility index (Phi) is 2.81. The summed E-state index contributed by atoms with van der Waals surface area (Å²) in [6, 6.07) is 7.28. The molecule has 1 aliphatic heterocycles. The van der Waals surface area contributed by atoms with Gasteiger partial charge in [0.15, 0.2) is 11.5 Å². The van der Waals surface area contributed by atoms with E-state index in [-0.39, 0.29) is 5.56 Å². The molecule has 0 atom stereocenters. The van der Waals surface area contributed by atoms with Crippen molar-refractivity contribution in [1.82, 2.24) is 24.1 Å². The van der Waals surface area contributed by atoms with Crippen LogP contribution in [-0.4, -0.2) is 37.4 Å². The van der Waals surface area contributed by atoms with E-state index in [9.17, 15) is 4.79 Å². The van der Waals surface area contributed by atoms with Crippen LogP contribution in [0.4, 0.5) is 0 Å². The van der Waals surface area contributed by atoms with E-state index in [0.717, 1.165) is 0 Å². The molecule has 8 heteroatoms. The van der Waals surface area contributed by atoms with Gasteiger partial charge in [-0.1, -0.05) is 0 Å². The van der Waals surface area contributed by atoms with Crippen molar-refractivity contribution in [2.24, 2.45) is 0 Å². The number of fused-ring (bicyclic) bond motifs is 4. The lowest BCUT2D eigenvalue weighted by Gasteiger charge is -2.19. The van der Waals surface area contributed by atoms with Gasteiger partial charge in [-0.05, 0) is 25.1 Å². The summed E-state index contributed by atoms with van der Waals surface area (Å²) < 4.78 is 14.3. The largest absolute Gasteiger partial charge is 0.486 e. The highest BCUT2D eigenvalue weighted by atomic mass is 16.6. The van der Waals surface area contributed by atoms with Crippen molar-refractivity contribution in [2.75, 3.05) is 13.2 Å². The second-order valence-corrected chi connectivity index (χ2v) is 5.75. The molecule has 0 saturated heterocycles. The Balaban J connectivity index is 1.77. The van der Waals surface area contributed by atoms with Gasteiger partial charge in [0.25, 0.3) is 11.3 Å². The average molecular weight is 335 g/mol. The van der Waals surface area contributed by atoms with Crippen LogP contribution in [0.3, 0.4) is 0 Å². The molecule has 0 bridgehead atoms. The van der Waals surface area contributed by atoms with Crippen molar-refractivity contribution in [3.8, 4) is 17.2 Å². The minimum atomic E-state index is -0.170. The lowest BCUT2D eigenvalue weighted by Crippen LogP contribution is -2.21. The third kappa shape index (κ3) is 2.00. The molecule has 8 nitrogen and oxygen atoms in total. The summed E-state index contributed by atoms with van der Waals surface area (Å²) in [6.07, 6.45) is 3.14. The first-order valence-electron chi connectivity index (χ1n) is 7.84. The Morgan fingerprint density at radius 2 is 1.96 bits per heavy atom. The van der Waals surface area contributed by atoms with E-state index in [1.807, 2.05) is 18.2 Å². The number of hydrogen-bond donors (Lipinski definition) is 0. The molecule has 0 spiro atoms. The summed E-state index contributed by atoms with van der Waals surface area (Å²) in [5, 5.41) is 4.66. The van der Waals surface area contributed by atoms with Gasteiger partial charge in [0, 0.05) is 12.3 Å². The van der Waals surface area contributed by atoms with E-state index in [1.54, 1.807) is 28.3 Å². The molecule has 1 aromatic carbocycles. The molecule has 0 N–H and O–H groups in total. The maximum absolute atomic E-state index is 13.1. The first kappa shape index (κ1) is 14.0. The summed E-state index contributed by atoms with van der Waals surface area (Å²) in [5.74, 6) is 1.80. The Bertz CT molecular complexity index is 1190. The van der Waals surface area contributed by atoms with Gasteiger partial charge in [-0.2, -0.15) is 14.6 Å². The van der Waals surface area contributed by atoms with Crippen LogP contribution in [0.15, 0.2) is 41.6 Å². The van der Waals surface area contributed by atoms with E-state index in [1.165, 1.54) is 6.33 Å². The second kappa shape index (κ2) is 5.04. The number of hydrogen-bond acceptors (Lipinski definition) is 6. The van der Waals surface area contributed by atoms with Gasteiger partial charge in [0.05, 0.1) is 22.3 Å². The third-order valence-corrected chi connectivity index (χ3v) is 4.26. The molecule has 0 fully saturated rings. The normalized spacial score (nSPS) is 13.5. The number of benzene rings is 1. The highest BCUT2D eigenvalue weighted by Gasteiger charge is 2.16. The topological polar surface area (TPSA) is 83.5 Å². The van der Waals surface area contributed by atoms with Gasteiger partial charge >= 0.3 is 0 Å². The Morgan fingerprint density at radius 3 is 2.84 bits per heavy atom. The molecule has 0 aliphatic carbocycles. The minimum absolute atomic E-state index is 0.170. The van der Waals surface area contributed by atoms with Crippen molar-refractivity contribution < 1.29 is 9.47 Å². The van der Waals surface area contributed by atoms with E-state index in [4.69, 9.17) is 9.47 Å². The van der Waals surface area contributed by atoms with Gasteiger partial charge in [0.1, 0.15) is 19.5 Å². The molecule has 25 heavy (non-hydrogen) atoms. The van der Waals surface area contributed by atoms with Crippen LogP contribution >= 0.6 is 0 Å². The SMILES string of the molecule is Cc1nc2ncnn2c2ccn(-c3ccc4c(c3)OCCO4)c(=O)c12. The lowest BCUT2D eigenvalue weighted by molar-refractivity contribution is 0.171. The minimum Gasteiger partial charge on any atom is -0.486 e. The fraction of sp³-hybridized carbons (Fsp3) is 0.176. The molecule has 1 aliphatic rings. The highest BCUT2D eigenvalue weighted by Crippen LogP contribution is 2.31. The number of ether oxygens (including phenoxy) is 2. The summed E-state index contributed by atoms with van der Waals surface area (Å²) in [7, 11) is 0. The van der Waals surface area contributed by atoms with E-state index in [2.05, 4.69) is 15.1 Å². The van der Waals surface area contributed by atoms with Gasteiger partial charge in [0.2, 0.25) is 0 Å². The standard InChI is InChI=1S/C17H13N5O3/c1-10-15-12(22-17(20-10)18-9-19-22)4-5-21(16(15)23)11-2-3-13-14(8-11)25-7-6-24-13/h2-5,8-9H,6-7H2,1H3. The van der Waals surface area contributed by atoms with Gasteiger partial charge in [-0.25, -0.2) is 4.98 Å². The Hall–Kier alpha value is -3.42. The monoisotopic (exact) mass is 335 g/mol. The molecule has 0 amide bonds. The van der Waals surface area contributed by atoms with Crippen molar-refractivity contribution in [3.05, 3.63) is 52.8 Å². The van der Waals surface area contributed by atoms with Crippen molar-refractivity contribution in [3.63, 3.8) is 0 Å². The van der Waals surface area contributed by atoms with Crippen LogP contribution in [0.1, 0.15) is 5.69 Å². The summed E-state index contributed by atoms with van der Waals surface area (Å²) in [4.78, 5) is 21.5. The second-order valence-electron chi connectivity index (χ2n) is 5.75. The first-order valence-corrected chi connectivity index (χ1v) is 7.84. The van der Waals surface area contributed by atoms with Gasteiger partial charge in [-0.3, -0.25) is 9.36 Å². The molecule has 4 aromatic rings. The molecule has 0 saturated carbocycles. The smallest absolute Gasteiger partial charge is 0.266 e. The summed E-state index contributed by atoms with van der Waals surface area (Å²) in [6.45, 7) is 2.82. The van der Waals surface area contributed by atoms with Gasteiger partial charge in [-0.15, -0.1) is 0 Å². The van der Waals surface area contributed by atoms with Crippen molar-refractivity contribution >= 4 is 16.7 Å². The molecule has 0 radical (unpaired) electrons. The predicted octanol–water partition coefficient (Wildman–Crippen LogP) is 1.51. The molecule has 5 rings (SSSR count). The van der Waals surface area contributed by atoms with Crippen LogP contribution < -0.4 is 15.0 Å². The maximum atomic E-state index is 13.1. The molecule has 124 valence electrons. The lowest BCUT2D eigenvalue weighted by atomic mass is 10.2. The highest BCUT2D eigenvalue weighted by molar-refractivity contribution is 5.82. The summed E-state index contributed by atoms with van der Waals surface area (Å²) in [5.41, 5.74) is 1.83. The first-order chi connectivity index (χ1) is 12.2. The number of aromatic nitrogens is 5. The molecule has 3 aromatic heterocycles. The quantitative estimate of drug-likeness (QED) is 0.524. The predicted molar refractivity (Wildman–Crippen MR) is 89.6 cm³/mol. The fourth-order valence-corrected chi connectivity index (χ4v) is 3.12. The van der Waals surface area contributed by atoms with Crippen LogP contribution in [0.5, 0.6) is 11.5 Å². The van der Waals surface area contributed by atoms with Crippen LogP contribution in [-0.2, 0) is 0 Å².